The predicted octanol–water partition coefficient (Wildman–Crippen LogP) is 11.1. The highest BCUT2D eigenvalue weighted by molar-refractivity contribution is 5.92. The molecule has 0 amide bonds. The third kappa shape index (κ3) is 5.25. The first-order chi connectivity index (χ1) is 23.7. The highest BCUT2D eigenvalue weighted by Gasteiger charge is 2.13. The van der Waals surface area contributed by atoms with Gasteiger partial charge >= 0.3 is 0 Å². The molecule has 3 aromatic heterocycles. The van der Waals surface area contributed by atoms with Gasteiger partial charge in [0.15, 0.2) is 5.82 Å². The average molecular weight is 613 g/mol. The van der Waals surface area contributed by atoms with Crippen LogP contribution in [-0.2, 0) is 0 Å². The zero-order valence-corrected chi connectivity index (χ0v) is 26.0. The Balaban J connectivity index is 1.11. The van der Waals surface area contributed by atoms with Crippen LogP contribution in [0.4, 0.5) is 0 Å². The highest BCUT2D eigenvalue weighted by atomic mass is 14.9. The molecule has 0 atom stereocenters. The lowest BCUT2D eigenvalue weighted by molar-refractivity contribution is 1.17. The second kappa shape index (κ2) is 11.7. The Bertz CT molecular complexity index is 2560. The second-order valence-electron chi connectivity index (χ2n) is 12.0. The van der Waals surface area contributed by atoms with Crippen molar-refractivity contribution < 1.29 is 0 Å². The average Bonchev–Trinajstić information content (AvgIpc) is 3.17. The molecule has 0 radical (unpaired) electrons. The highest BCUT2D eigenvalue weighted by Crippen LogP contribution is 2.31. The van der Waals surface area contributed by atoms with E-state index in [0.29, 0.717) is 5.82 Å². The number of hydrogen-bond donors (Lipinski definition) is 0. The SMILES string of the molecule is c1ccc(-c2cc(-c3ccc4ccc(-c5ccc6ccc(-c7ccc8ccccc8c7)cc6n5)cc4n3)nc(-c3ccccc3)n2)cc1. The van der Waals surface area contributed by atoms with Crippen molar-refractivity contribution in [2.75, 3.05) is 0 Å². The summed E-state index contributed by atoms with van der Waals surface area (Å²) in [5.41, 5.74) is 10.5. The van der Waals surface area contributed by atoms with Crippen LogP contribution in [0.2, 0.25) is 0 Å². The van der Waals surface area contributed by atoms with Crippen molar-refractivity contribution >= 4 is 32.6 Å². The smallest absolute Gasteiger partial charge is 0.160 e. The Kier molecular flexibility index (Phi) is 6.76. The molecule has 3 heterocycles. The Morgan fingerprint density at radius 1 is 0.250 bits per heavy atom. The Labute approximate surface area is 278 Å². The molecule has 224 valence electrons. The minimum atomic E-state index is 0.672. The number of benzene rings is 6. The van der Waals surface area contributed by atoms with Gasteiger partial charge in [-0.3, -0.25) is 0 Å². The Morgan fingerprint density at radius 3 is 1.52 bits per heavy atom. The molecule has 0 unspecified atom stereocenters. The van der Waals surface area contributed by atoms with Crippen molar-refractivity contribution in [2.24, 2.45) is 0 Å². The standard InChI is InChI=1S/C44H28N4/c1-3-10-30(11-4-1)42-28-43(48-44(47-42)33-12-5-2-6-13-33)39-24-22-32-17-20-37(27-41(32)46-39)38-23-21-31-16-19-36(26-40(31)45-38)35-18-15-29-9-7-8-14-34(29)25-35/h1-28H. The van der Waals surface area contributed by atoms with E-state index in [1.807, 2.05) is 60.7 Å². The van der Waals surface area contributed by atoms with Crippen LogP contribution in [0.3, 0.4) is 0 Å². The van der Waals surface area contributed by atoms with Crippen molar-refractivity contribution in [1.29, 1.82) is 0 Å². The maximum absolute atomic E-state index is 5.12. The van der Waals surface area contributed by atoms with E-state index in [4.69, 9.17) is 19.9 Å². The lowest BCUT2D eigenvalue weighted by atomic mass is 9.99. The number of pyridine rings is 2. The van der Waals surface area contributed by atoms with Gasteiger partial charge < -0.3 is 0 Å². The molecule has 9 aromatic rings. The van der Waals surface area contributed by atoms with Gasteiger partial charge in [-0.05, 0) is 58.3 Å². The van der Waals surface area contributed by atoms with Crippen molar-refractivity contribution in [3.05, 3.63) is 170 Å². The van der Waals surface area contributed by atoms with Gasteiger partial charge in [-0.1, -0.05) is 133 Å². The van der Waals surface area contributed by atoms with Gasteiger partial charge in [0.25, 0.3) is 0 Å². The summed E-state index contributed by atoms with van der Waals surface area (Å²) in [6.07, 6.45) is 0. The third-order valence-electron chi connectivity index (χ3n) is 8.85. The molecule has 48 heavy (non-hydrogen) atoms. The minimum absolute atomic E-state index is 0.672. The fourth-order valence-electron chi connectivity index (χ4n) is 6.30. The Hall–Kier alpha value is -6.52. The van der Waals surface area contributed by atoms with Crippen molar-refractivity contribution in [1.82, 2.24) is 19.9 Å². The zero-order chi connectivity index (χ0) is 31.9. The van der Waals surface area contributed by atoms with Crippen molar-refractivity contribution in [2.45, 2.75) is 0 Å². The Morgan fingerprint density at radius 2 is 0.771 bits per heavy atom. The van der Waals surface area contributed by atoms with E-state index in [1.54, 1.807) is 0 Å². The summed E-state index contributed by atoms with van der Waals surface area (Å²) >= 11 is 0. The molecule has 0 aliphatic carbocycles. The molecule has 0 N–H and O–H groups in total. The monoisotopic (exact) mass is 612 g/mol. The number of nitrogens with zero attached hydrogens (tertiary/aromatic N) is 4. The lowest BCUT2D eigenvalue weighted by Crippen LogP contribution is -1.97. The first-order valence-corrected chi connectivity index (χ1v) is 16.1. The van der Waals surface area contributed by atoms with E-state index >= 15 is 0 Å². The largest absolute Gasteiger partial charge is 0.248 e. The van der Waals surface area contributed by atoms with Crippen molar-refractivity contribution in [3.63, 3.8) is 0 Å². The van der Waals surface area contributed by atoms with Crippen LogP contribution in [0.25, 0.3) is 89.0 Å². The molecule has 4 heteroatoms. The first-order valence-electron chi connectivity index (χ1n) is 16.1. The van der Waals surface area contributed by atoms with Gasteiger partial charge in [0.05, 0.1) is 33.8 Å². The first kappa shape index (κ1) is 27.8. The molecule has 0 fully saturated rings. The maximum Gasteiger partial charge on any atom is 0.160 e. The quantitative estimate of drug-likeness (QED) is 0.194. The number of aromatic nitrogens is 4. The topological polar surface area (TPSA) is 51.6 Å². The number of hydrogen-bond acceptors (Lipinski definition) is 4. The molecule has 0 aliphatic heterocycles. The summed E-state index contributed by atoms with van der Waals surface area (Å²) < 4.78 is 0. The van der Waals surface area contributed by atoms with E-state index in [0.717, 1.165) is 66.8 Å². The van der Waals surface area contributed by atoms with Gasteiger partial charge in [0, 0.05) is 27.5 Å². The summed E-state index contributed by atoms with van der Waals surface area (Å²) in [5.74, 6) is 0.672. The summed E-state index contributed by atoms with van der Waals surface area (Å²) in [5, 5.41) is 4.64. The van der Waals surface area contributed by atoms with Crippen LogP contribution in [-0.4, -0.2) is 19.9 Å². The van der Waals surface area contributed by atoms with Crippen LogP contribution >= 0.6 is 0 Å². The van der Waals surface area contributed by atoms with Crippen LogP contribution < -0.4 is 0 Å². The second-order valence-corrected chi connectivity index (χ2v) is 12.0. The van der Waals surface area contributed by atoms with E-state index in [-0.39, 0.29) is 0 Å². The van der Waals surface area contributed by atoms with Crippen molar-refractivity contribution in [3.8, 4) is 56.4 Å². The lowest BCUT2D eigenvalue weighted by Gasteiger charge is -2.10. The van der Waals surface area contributed by atoms with Crippen LogP contribution in [0.5, 0.6) is 0 Å². The van der Waals surface area contributed by atoms with Crippen LogP contribution in [0, 0.1) is 0 Å². The molecule has 4 nitrogen and oxygen atoms in total. The predicted molar refractivity (Wildman–Crippen MR) is 197 cm³/mol. The van der Waals surface area contributed by atoms with Crippen LogP contribution in [0.1, 0.15) is 0 Å². The molecular formula is C44H28N4. The summed E-state index contributed by atoms with van der Waals surface area (Å²) in [6.45, 7) is 0. The summed E-state index contributed by atoms with van der Waals surface area (Å²) in [6, 6.07) is 58.7. The number of rotatable bonds is 5. The molecular weight excluding hydrogens is 585 g/mol. The molecule has 0 saturated carbocycles. The van der Waals surface area contributed by atoms with E-state index in [1.165, 1.54) is 16.3 Å². The molecule has 0 spiro atoms. The molecule has 9 rings (SSSR count). The van der Waals surface area contributed by atoms with Gasteiger partial charge in [-0.15, -0.1) is 0 Å². The number of fused-ring (bicyclic) bond motifs is 3. The van der Waals surface area contributed by atoms with Gasteiger partial charge in [0.2, 0.25) is 0 Å². The normalized spacial score (nSPS) is 11.3. The fourth-order valence-corrected chi connectivity index (χ4v) is 6.30. The van der Waals surface area contributed by atoms with E-state index in [9.17, 15) is 0 Å². The van der Waals surface area contributed by atoms with Gasteiger partial charge in [0.1, 0.15) is 0 Å². The van der Waals surface area contributed by atoms with Crippen LogP contribution in [0.15, 0.2) is 170 Å². The van der Waals surface area contributed by atoms with Gasteiger partial charge in [-0.2, -0.15) is 0 Å². The van der Waals surface area contributed by atoms with E-state index in [2.05, 4.69) is 109 Å². The molecule has 6 aromatic carbocycles. The maximum atomic E-state index is 5.12. The van der Waals surface area contributed by atoms with Gasteiger partial charge in [-0.25, -0.2) is 19.9 Å². The summed E-state index contributed by atoms with van der Waals surface area (Å²) in [7, 11) is 0. The zero-order valence-electron chi connectivity index (χ0n) is 26.0. The van der Waals surface area contributed by atoms with E-state index < -0.39 is 0 Å². The summed E-state index contributed by atoms with van der Waals surface area (Å²) in [4.78, 5) is 20.2. The molecule has 0 aliphatic rings. The third-order valence-corrected chi connectivity index (χ3v) is 8.85. The minimum Gasteiger partial charge on any atom is -0.248 e. The molecule has 0 saturated heterocycles. The molecule has 0 bridgehead atoms. The fraction of sp³-hybridized carbons (Fsp3) is 0.